The van der Waals surface area contributed by atoms with E-state index in [2.05, 4.69) is 266 Å². The molecular formula is C65H49N. The van der Waals surface area contributed by atoms with Gasteiger partial charge in [0, 0.05) is 28.8 Å². The van der Waals surface area contributed by atoms with E-state index in [-0.39, 0.29) is 5.92 Å². The third-order valence-electron chi connectivity index (χ3n) is 14.2. The van der Waals surface area contributed by atoms with Gasteiger partial charge in [0.25, 0.3) is 0 Å². The summed E-state index contributed by atoms with van der Waals surface area (Å²) in [6.07, 6.45) is 20.6. The predicted molar refractivity (Wildman–Crippen MR) is 277 cm³/mol. The molecule has 0 saturated heterocycles. The Morgan fingerprint density at radius 3 is 1.79 bits per heavy atom. The van der Waals surface area contributed by atoms with Crippen LogP contribution in [0.3, 0.4) is 0 Å². The summed E-state index contributed by atoms with van der Waals surface area (Å²) >= 11 is 0. The lowest BCUT2D eigenvalue weighted by molar-refractivity contribution is 0.755. The smallest absolute Gasteiger partial charge is 0.0713 e. The number of hydrogen-bond acceptors (Lipinski definition) is 1. The van der Waals surface area contributed by atoms with Gasteiger partial charge in [-0.3, -0.25) is 0 Å². The lowest BCUT2D eigenvalue weighted by Gasteiger charge is -2.35. The second-order valence-corrected chi connectivity index (χ2v) is 17.9. The first kappa shape index (κ1) is 39.6. The van der Waals surface area contributed by atoms with Crippen molar-refractivity contribution in [2.45, 2.75) is 24.2 Å². The van der Waals surface area contributed by atoms with Crippen LogP contribution in [0.25, 0.3) is 33.4 Å². The van der Waals surface area contributed by atoms with Gasteiger partial charge >= 0.3 is 0 Å². The van der Waals surface area contributed by atoms with Crippen molar-refractivity contribution in [3.8, 4) is 22.3 Å². The Bertz CT molecular complexity index is 3230. The molecule has 0 N–H and O–H groups in total. The van der Waals surface area contributed by atoms with E-state index >= 15 is 0 Å². The summed E-state index contributed by atoms with van der Waals surface area (Å²) in [4.78, 5) is 2.53. The maximum Gasteiger partial charge on any atom is 0.0713 e. The second-order valence-electron chi connectivity index (χ2n) is 17.9. The van der Waals surface area contributed by atoms with Crippen LogP contribution in [0.4, 0.5) is 11.4 Å². The van der Waals surface area contributed by atoms with Crippen LogP contribution < -0.4 is 4.90 Å². The van der Waals surface area contributed by atoms with E-state index < -0.39 is 5.41 Å². The maximum atomic E-state index is 2.53. The highest BCUT2D eigenvalue weighted by Crippen LogP contribution is 2.57. The van der Waals surface area contributed by atoms with E-state index in [9.17, 15) is 0 Å². The van der Waals surface area contributed by atoms with Gasteiger partial charge in [0.2, 0.25) is 0 Å². The standard InChI is InChI=1S/C65H49N/c1-5-20-46(21-6-1)47-36-40-54(41-37-47)66(63-35-18-16-33-59(63)60-43-38-48-22-13-14-31-56(48)64(60)49-23-7-2-8-24-49)55-30-19-25-50(44-55)51-39-42-58-57-32-15-17-34-61(57)65(62(58)45-51,52-26-9-3-10-27-52)53-28-11-4-12-29-53/h1-21,23-43,45,48,50H,22,44H2. The minimum absolute atomic E-state index is 0.148. The van der Waals surface area contributed by atoms with E-state index in [1.165, 1.54) is 89.3 Å². The average Bonchev–Trinajstić information content (AvgIpc) is 3.70. The first-order chi connectivity index (χ1) is 32.8. The van der Waals surface area contributed by atoms with E-state index in [0.29, 0.717) is 5.92 Å². The first-order valence-electron chi connectivity index (χ1n) is 23.4. The van der Waals surface area contributed by atoms with Crippen LogP contribution in [0.15, 0.2) is 272 Å². The van der Waals surface area contributed by atoms with Crippen molar-refractivity contribution in [1.82, 2.24) is 0 Å². The summed E-state index contributed by atoms with van der Waals surface area (Å²) in [5.74, 6) is 0.507. The van der Waals surface area contributed by atoms with Crippen molar-refractivity contribution < 1.29 is 0 Å². The van der Waals surface area contributed by atoms with Crippen LogP contribution in [-0.4, -0.2) is 0 Å². The van der Waals surface area contributed by atoms with E-state index in [1.807, 2.05) is 0 Å². The zero-order valence-corrected chi connectivity index (χ0v) is 36.8. The SMILES string of the molecule is C1=CCC2C=CC(c3ccccc3N(C3=CC=CC(c4ccc5c(c4)C(c4ccccc4)(c4ccccc4)c4ccccc4-5)C3)c3ccc(-c4ccccc4)cc3)=C(c3ccccc3)C2=C1. The minimum atomic E-state index is -0.451. The summed E-state index contributed by atoms with van der Waals surface area (Å²) in [6, 6.07) is 78.5. The van der Waals surface area contributed by atoms with Crippen LogP contribution in [0.5, 0.6) is 0 Å². The number of rotatable bonds is 9. The summed E-state index contributed by atoms with van der Waals surface area (Å²) in [7, 11) is 0. The molecule has 1 nitrogen and oxygen atoms in total. The molecule has 0 saturated carbocycles. The Morgan fingerprint density at radius 2 is 1.06 bits per heavy atom. The zero-order valence-electron chi connectivity index (χ0n) is 36.8. The summed E-state index contributed by atoms with van der Waals surface area (Å²) in [6.45, 7) is 0. The molecule has 4 aliphatic rings. The lowest BCUT2D eigenvalue weighted by Crippen LogP contribution is -2.28. The molecule has 8 aromatic carbocycles. The molecule has 4 aliphatic carbocycles. The zero-order chi connectivity index (χ0) is 43.9. The molecule has 2 atom stereocenters. The molecule has 8 aromatic rings. The van der Waals surface area contributed by atoms with Crippen molar-refractivity contribution in [3.63, 3.8) is 0 Å². The highest BCUT2D eigenvalue weighted by atomic mass is 15.2. The number of anilines is 2. The molecule has 0 fully saturated rings. The second kappa shape index (κ2) is 16.8. The third kappa shape index (κ3) is 6.70. The van der Waals surface area contributed by atoms with Crippen molar-refractivity contribution >= 4 is 22.5 Å². The van der Waals surface area contributed by atoms with Crippen molar-refractivity contribution in [1.29, 1.82) is 0 Å². The van der Waals surface area contributed by atoms with Crippen LogP contribution in [0.1, 0.15) is 57.7 Å². The Hall–Kier alpha value is -8.00. The van der Waals surface area contributed by atoms with Gasteiger partial charge in [-0.2, -0.15) is 0 Å². The summed E-state index contributed by atoms with van der Waals surface area (Å²) in [5, 5.41) is 0. The predicted octanol–water partition coefficient (Wildman–Crippen LogP) is 16.5. The molecule has 314 valence electrons. The fourth-order valence-corrected chi connectivity index (χ4v) is 11.2. The molecule has 0 radical (unpaired) electrons. The van der Waals surface area contributed by atoms with Gasteiger partial charge in [-0.25, -0.2) is 0 Å². The highest BCUT2D eigenvalue weighted by molar-refractivity contribution is 6.06. The van der Waals surface area contributed by atoms with Crippen molar-refractivity contribution in [2.24, 2.45) is 5.92 Å². The Morgan fingerprint density at radius 1 is 0.455 bits per heavy atom. The fourth-order valence-electron chi connectivity index (χ4n) is 11.2. The lowest BCUT2D eigenvalue weighted by atomic mass is 9.67. The topological polar surface area (TPSA) is 3.24 Å². The molecule has 0 heterocycles. The van der Waals surface area contributed by atoms with Gasteiger partial charge in [0.05, 0.1) is 11.1 Å². The van der Waals surface area contributed by atoms with Gasteiger partial charge in [0.1, 0.15) is 0 Å². The normalized spacial score (nSPS) is 17.6. The largest absolute Gasteiger partial charge is 0.314 e. The van der Waals surface area contributed by atoms with Gasteiger partial charge in [-0.1, -0.05) is 237 Å². The molecule has 0 spiro atoms. The molecule has 0 amide bonds. The summed E-state index contributed by atoms with van der Waals surface area (Å²) in [5.41, 5.74) is 21.1. The molecule has 1 heteroatoms. The van der Waals surface area contributed by atoms with E-state index in [0.717, 1.165) is 18.5 Å². The Kier molecular flexibility index (Phi) is 10.1. The van der Waals surface area contributed by atoms with Crippen molar-refractivity contribution in [3.05, 3.63) is 311 Å². The molecule has 0 aliphatic heterocycles. The first-order valence-corrected chi connectivity index (χ1v) is 23.4. The molecule has 2 unspecified atom stereocenters. The highest BCUT2D eigenvalue weighted by Gasteiger charge is 2.46. The third-order valence-corrected chi connectivity index (χ3v) is 14.2. The number of para-hydroxylation sites is 1. The number of fused-ring (bicyclic) bond motifs is 4. The molecule has 12 rings (SSSR count). The van der Waals surface area contributed by atoms with Crippen LogP contribution in [0.2, 0.25) is 0 Å². The number of hydrogen-bond donors (Lipinski definition) is 0. The molecular weight excluding hydrogens is 795 g/mol. The van der Waals surface area contributed by atoms with Gasteiger partial charge in [-0.15, -0.1) is 0 Å². The number of allylic oxidation sites excluding steroid dienone is 12. The molecule has 0 bridgehead atoms. The average molecular weight is 844 g/mol. The van der Waals surface area contributed by atoms with Crippen LogP contribution in [0, 0.1) is 5.92 Å². The Labute approximate surface area is 389 Å². The van der Waals surface area contributed by atoms with E-state index in [4.69, 9.17) is 0 Å². The van der Waals surface area contributed by atoms with Gasteiger partial charge in [-0.05, 0) is 109 Å². The van der Waals surface area contributed by atoms with Crippen LogP contribution >= 0.6 is 0 Å². The number of nitrogens with zero attached hydrogens (tertiary/aromatic N) is 1. The Balaban J connectivity index is 1.00. The molecule has 66 heavy (non-hydrogen) atoms. The fraction of sp³-hybridized carbons (Fsp3) is 0.0769. The van der Waals surface area contributed by atoms with Gasteiger partial charge in [0.15, 0.2) is 0 Å². The maximum absolute atomic E-state index is 2.53. The van der Waals surface area contributed by atoms with E-state index in [1.54, 1.807) is 0 Å². The summed E-state index contributed by atoms with van der Waals surface area (Å²) < 4.78 is 0. The molecule has 0 aromatic heterocycles. The number of benzene rings is 8. The minimum Gasteiger partial charge on any atom is -0.314 e. The van der Waals surface area contributed by atoms with Crippen molar-refractivity contribution in [2.75, 3.05) is 4.90 Å². The van der Waals surface area contributed by atoms with Gasteiger partial charge < -0.3 is 4.90 Å². The van der Waals surface area contributed by atoms with Crippen LogP contribution in [-0.2, 0) is 5.41 Å². The monoisotopic (exact) mass is 843 g/mol. The quantitative estimate of drug-likeness (QED) is 0.140.